The highest BCUT2D eigenvalue weighted by molar-refractivity contribution is 7.59. The highest BCUT2D eigenvalue weighted by Gasteiger charge is 2.65. The van der Waals surface area contributed by atoms with Crippen molar-refractivity contribution in [1.29, 1.82) is 5.26 Å². The monoisotopic (exact) mass is 933 g/mol. The van der Waals surface area contributed by atoms with Crippen molar-refractivity contribution in [1.82, 2.24) is 25.5 Å². The number of carbonyl (C=O) groups excluding carboxylic acids is 2. The number of anilines is 1. The number of nitrogens with zero attached hydrogens (tertiary/aromatic N) is 4. The fourth-order valence-electron chi connectivity index (χ4n) is 7.65. The smallest absolute Gasteiger partial charge is 0.243 e. The SMILES string of the molecule is C=CC1C[C@]1(NC(=O)C1CCCN1C(=O)CNCO)P(=O)(O)Cc1cccc(C#N)c1.CC(C)C.COC1CCCC1.COc1ccc2c(OC)cc(-c3csc(NC(C)C)n3)nc2c1. The molecule has 3 unspecified atom stereocenters. The molecular weight excluding hydrogens is 866 g/mol. The fraction of sp³-hybridized carbons (Fsp3) is 0.521. The van der Waals surface area contributed by atoms with Gasteiger partial charge >= 0.3 is 0 Å². The minimum atomic E-state index is -3.93. The molecule has 3 fully saturated rings. The van der Waals surface area contributed by atoms with Crippen LogP contribution in [0, 0.1) is 23.2 Å². The van der Waals surface area contributed by atoms with Crippen LogP contribution >= 0.6 is 18.7 Å². The quantitative estimate of drug-likeness (QED) is 0.0432. The summed E-state index contributed by atoms with van der Waals surface area (Å²) in [6, 6.07) is 15.8. The highest BCUT2D eigenvalue weighted by Crippen LogP contribution is 2.70. The second-order valence-electron chi connectivity index (χ2n) is 17.3. The number of aromatic nitrogens is 2. The number of hydrogen-bond acceptors (Lipinski definition) is 13. The lowest BCUT2D eigenvalue weighted by Gasteiger charge is -2.29. The maximum atomic E-state index is 13.4. The summed E-state index contributed by atoms with van der Waals surface area (Å²) >= 11 is 1.57. The van der Waals surface area contributed by atoms with Crippen molar-refractivity contribution >= 4 is 46.6 Å². The van der Waals surface area contributed by atoms with Gasteiger partial charge in [-0.2, -0.15) is 5.26 Å². The average molecular weight is 934 g/mol. The molecule has 17 heteroatoms. The molecule has 4 atom stereocenters. The van der Waals surface area contributed by atoms with E-state index in [-0.39, 0.29) is 31.3 Å². The van der Waals surface area contributed by atoms with E-state index >= 15 is 0 Å². The number of amides is 2. The molecule has 2 aromatic carbocycles. The van der Waals surface area contributed by atoms with Crippen molar-refractivity contribution in [3.8, 4) is 29.0 Å². The molecule has 1 saturated heterocycles. The number of hydrogen-bond donors (Lipinski definition) is 5. The lowest BCUT2D eigenvalue weighted by molar-refractivity contribution is -0.138. The van der Waals surface area contributed by atoms with E-state index in [1.165, 1.54) is 30.6 Å². The zero-order chi connectivity index (χ0) is 47.7. The van der Waals surface area contributed by atoms with Gasteiger partial charge in [0.05, 0.1) is 62.6 Å². The standard InChI is InChI=1S/C21H27N4O5P.C17H19N3O2S.C6H12O.C4H10/c1-2-17-10-21(17,31(29,30)13-16-6-3-5-15(9-16)11-22)24-20(28)18-7-4-8-25(18)19(27)12-23-14-26;1-10(2)18-17-20-15(9-23-17)14-8-16(22-4)12-6-5-11(21-3)7-13(12)19-14;1-7-6-4-2-3-5-6;1-4(2)3/h2-3,5-6,9,17-18,23,26H,1,4,7-8,10,12-14H2,(H,24,28)(H,29,30);5-10H,1-4H3,(H,18,20);6H,2-5H2,1H3;4H,1-3H3/t17?,18?,21-;;;/m0.../s1. The van der Waals surface area contributed by atoms with Crippen LogP contribution in [0.5, 0.6) is 11.5 Å². The second-order valence-corrected chi connectivity index (χ2v) is 20.6. The topological polar surface area (TPSA) is 208 Å². The number of aliphatic hydroxyl groups excluding tert-OH is 1. The predicted octanol–water partition coefficient (Wildman–Crippen LogP) is 8.31. The Balaban J connectivity index is 0.000000236. The maximum absolute atomic E-state index is 13.4. The Morgan fingerprint density at radius 2 is 1.75 bits per heavy atom. The molecule has 354 valence electrons. The molecule has 3 heterocycles. The van der Waals surface area contributed by atoms with E-state index < -0.39 is 24.6 Å². The molecule has 1 aliphatic heterocycles. The molecule has 2 amide bonds. The van der Waals surface area contributed by atoms with E-state index in [0.29, 0.717) is 49.1 Å². The van der Waals surface area contributed by atoms with Crippen molar-refractivity contribution < 1.29 is 38.4 Å². The first kappa shape index (κ1) is 52.7. The van der Waals surface area contributed by atoms with Crippen molar-refractivity contribution in [3.05, 3.63) is 77.7 Å². The number of benzene rings is 2. The summed E-state index contributed by atoms with van der Waals surface area (Å²) in [7, 11) is 1.18. The van der Waals surface area contributed by atoms with Gasteiger partial charge in [0.15, 0.2) is 5.13 Å². The maximum Gasteiger partial charge on any atom is 0.243 e. The van der Waals surface area contributed by atoms with Crippen molar-refractivity contribution in [2.45, 2.75) is 109 Å². The zero-order valence-corrected chi connectivity index (χ0v) is 40.8. The van der Waals surface area contributed by atoms with Gasteiger partial charge in [-0.25, -0.2) is 9.97 Å². The van der Waals surface area contributed by atoms with E-state index in [1.807, 2.05) is 35.7 Å². The third kappa shape index (κ3) is 14.8. The summed E-state index contributed by atoms with van der Waals surface area (Å²) in [5.74, 6) is 1.26. The minimum Gasteiger partial charge on any atom is -0.497 e. The average Bonchev–Trinajstić information content (AvgIpc) is 3.77. The van der Waals surface area contributed by atoms with Crippen LogP contribution in [0.15, 0.2) is 66.6 Å². The first-order chi connectivity index (χ1) is 31.0. The Hall–Kier alpha value is -4.88. The van der Waals surface area contributed by atoms with Crippen LogP contribution in [0.4, 0.5) is 5.13 Å². The van der Waals surface area contributed by atoms with E-state index in [2.05, 4.69) is 62.1 Å². The molecule has 3 aliphatic rings. The number of fused-ring (bicyclic) bond motifs is 1. The van der Waals surface area contributed by atoms with Gasteiger partial charge < -0.3 is 39.7 Å². The Bertz CT molecular complexity index is 2270. The fourth-order valence-corrected chi connectivity index (χ4v) is 10.9. The summed E-state index contributed by atoms with van der Waals surface area (Å²) in [5.41, 5.74) is 3.38. The third-order valence-corrected chi connectivity index (χ3v) is 14.4. The molecule has 0 spiro atoms. The summed E-state index contributed by atoms with van der Waals surface area (Å²) in [5, 5.41) is 29.1. The number of rotatable bonds is 15. The molecule has 2 saturated carbocycles. The number of nitrogens with one attached hydrogen (secondary N) is 3. The zero-order valence-electron chi connectivity index (χ0n) is 39.1. The molecular formula is C48H68N7O8PS. The van der Waals surface area contributed by atoms with E-state index in [1.54, 1.807) is 63.0 Å². The predicted molar refractivity (Wildman–Crippen MR) is 258 cm³/mol. The number of carbonyl (C=O) groups is 2. The summed E-state index contributed by atoms with van der Waals surface area (Å²) < 4.78 is 29.3. The Morgan fingerprint density at radius 1 is 1.03 bits per heavy atom. The molecule has 65 heavy (non-hydrogen) atoms. The van der Waals surface area contributed by atoms with E-state index in [9.17, 15) is 19.0 Å². The van der Waals surface area contributed by atoms with Crippen LogP contribution in [0.25, 0.3) is 22.3 Å². The highest BCUT2D eigenvalue weighted by atomic mass is 32.1. The lowest BCUT2D eigenvalue weighted by atomic mass is 10.1. The van der Waals surface area contributed by atoms with Crippen molar-refractivity contribution in [2.24, 2.45) is 11.8 Å². The van der Waals surface area contributed by atoms with Crippen molar-refractivity contribution in [2.75, 3.05) is 46.5 Å². The number of aliphatic hydroxyl groups is 1. The number of likely N-dealkylation sites (tertiary alicyclic amines) is 1. The summed E-state index contributed by atoms with van der Waals surface area (Å²) in [6.07, 6.45) is 8.72. The van der Waals surface area contributed by atoms with Gasteiger partial charge in [0, 0.05) is 48.5 Å². The molecule has 7 rings (SSSR count). The lowest BCUT2D eigenvalue weighted by Crippen LogP contribution is -2.51. The van der Waals surface area contributed by atoms with E-state index in [0.717, 1.165) is 44.8 Å². The van der Waals surface area contributed by atoms with Gasteiger partial charge in [-0.05, 0) is 81.7 Å². The van der Waals surface area contributed by atoms with Gasteiger partial charge in [-0.15, -0.1) is 17.9 Å². The molecule has 2 aromatic heterocycles. The Kier molecular flexibility index (Phi) is 20.4. The molecule has 2 aliphatic carbocycles. The van der Waals surface area contributed by atoms with Crippen LogP contribution < -0.4 is 25.4 Å². The largest absolute Gasteiger partial charge is 0.497 e. The molecule has 15 nitrogen and oxygen atoms in total. The first-order valence-electron chi connectivity index (χ1n) is 22.2. The van der Waals surface area contributed by atoms with Crippen LogP contribution in [0.1, 0.15) is 90.7 Å². The Labute approximate surface area is 388 Å². The van der Waals surface area contributed by atoms with Crippen LogP contribution in [0.3, 0.4) is 0 Å². The van der Waals surface area contributed by atoms with E-state index in [4.69, 9.17) is 29.6 Å². The van der Waals surface area contributed by atoms with Crippen molar-refractivity contribution in [3.63, 3.8) is 0 Å². The van der Waals surface area contributed by atoms with Crippen LogP contribution in [0.2, 0.25) is 0 Å². The van der Waals surface area contributed by atoms with Gasteiger partial charge in [0.2, 0.25) is 19.2 Å². The van der Waals surface area contributed by atoms with Gasteiger partial charge in [0.1, 0.15) is 28.5 Å². The number of nitriles is 1. The normalized spacial score (nSPS) is 19.6. The summed E-state index contributed by atoms with van der Waals surface area (Å²) in [6.45, 7) is 14.4. The third-order valence-electron chi connectivity index (χ3n) is 11.0. The number of pyridine rings is 1. The second kappa shape index (κ2) is 25.1. The number of methoxy groups -OCH3 is 3. The van der Waals surface area contributed by atoms with Gasteiger partial charge in [0.25, 0.3) is 0 Å². The molecule has 0 bridgehead atoms. The molecule has 5 N–H and O–H groups in total. The molecule has 0 radical (unpaired) electrons. The number of ether oxygens (including phenoxy) is 3. The summed E-state index contributed by atoms with van der Waals surface area (Å²) in [4.78, 5) is 47.2. The van der Waals surface area contributed by atoms with Crippen LogP contribution in [-0.2, 0) is 25.1 Å². The minimum absolute atomic E-state index is 0.0889. The Morgan fingerprint density at radius 3 is 2.34 bits per heavy atom. The molecule has 4 aromatic rings. The van der Waals surface area contributed by atoms with Gasteiger partial charge in [-0.3, -0.25) is 19.5 Å². The van der Waals surface area contributed by atoms with Crippen LogP contribution in [-0.4, -0.2) is 101 Å². The first-order valence-corrected chi connectivity index (χ1v) is 24.9. The number of thiazole rings is 1. The van der Waals surface area contributed by atoms with Gasteiger partial charge in [-0.1, -0.05) is 51.8 Å².